The summed E-state index contributed by atoms with van der Waals surface area (Å²) < 4.78 is 33.4. The van der Waals surface area contributed by atoms with E-state index in [1.165, 1.54) is 0 Å². The molecule has 0 amide bonds. The van der Waals surface area contributed by atoms with E-state index in [0.717, 1.165) is 50.1 Å². The molecule has 3 rings (SSSR count). The number of nitrogens with one attached hydrogen (secondary N) is 2. The number of rotatable bonds is 4. The summed E-state index contributed by atoms with van der Waals surface area (Å²) in [6, 6.07) is 5.16. The molecule has 2 N–H and O–H groups in total. The first-order chi connectivity index (χ1) is 10.5. The summed E-state index contributed by atoms with van der Waals surface area (Å²) >= 11 is 0. The molecule has 1 aromatic carbocycles. The highest BCUT2D eigenvalue weighted by molar-refractivity contribution is 7.89. The van der Waals surface area contributed by atoms with Crippen molar-refractivity contribution in [3.8, 4) is 5.75 Å². The maximum atomic E-state index is 12.5. The predicted octanol–water partition coefficient (Wildman–Crippen LogP) is 1.68. The summed E-state index contributed by atoms with van der Waals surface area (Å²) in [5.74, 6) is 0.815. The van der Waals surface area contributed by atoms with Gasteiger partial charge in [-0.3, -0.25) is 0 Å². The maximum absolute atomic E-state index is 12.5. The predicted molar refractivity (Wildman–Crippen MR) is 85.7 cm³/mol. The highest BCUT2D eigenvalue weighted by Gasteiger charge is 2.29. The zero-order valence-corrected chi connectivity index (χ0v) is 13.8. The fraction of sp³-hybridized carbons (Fsp3) is 0.625. The lowest BCUT2D eigenvalue weighted by Crippen LogP contribution is -2.42. The third-order valence-corrected chi connectivity index (χ3v) is 6.09. The van der Waals surface area contributed by atoms with Crippen molar-refractivity contribution in [2.75, 3.05) is 26.2 Å². The van der Waals surface area contributed by atoms with Gasteiger partial charge in [-0.05, 0) is 68.0 Å². The van der Waals surface area contributed by atoms with Crippen molar-refractivity contribution in [3.63, 3.8) is 0 Å². The molecule has 0 saturated carbocycles. The third kappa shape index (κ3) is 3.45. The van der Waals surface area contributed by atoms with E-state index in [4.69, 9.17) is 4.74 Å². The molecule has 1 saturated heterocycles. The Balaban J connectivity index is 1.72. The van der Waals surface area contributed by atoms with Gasteiger partial charge >= 0.3 is 0 Å². The van der Waals surface area contributed by atoms with E-state index in [-0.39, 0.29) is 5.41 Å². The Labute approximate surface area is 132 Å². The number of hydrogen-bond donors (Lipinski definition) is 2. The average molecular weight is 324 g/mol. The molecule has 122 valence electrons. The summed E-state index contributed by atoms with van der Waals surface area (Å²) in [7, 11) is -3.46. The molecule has 1 fully saturated rings. The first-order valence-electron chi connectivity index (χ1n) is 7.95. The van der Waals surface area contributed by atoms with Crippen LogP contribution in [0.3, 0.4) is 0 Å². The Morgan fingerprint density at radius 1 is 1.32 bits per heavy atom. The lowest BCUT2D eigenvalue weighted by atomic mass is 9.81. The van der Waals surface area contributed by atoms with Crippen molar-refractivity contribution >= 4 is 10.0 Å². The molecule has 0 atom stereocenters. The standard InChI is InChI=1S/C16H24N2O3S/c1-16(6-8-17-9-7-16)12-18-22(19,20)14-4-5-15-13(11-14)3-2-10-21-15/h4-5,11,17-18H,2-3,6-10,12H2,1H3. The molecule has 0 radical (unpaired) electrons. The van der Waals surface area contributed by atoms with Crippen LogP contribution < -0.4 is 14.8 Å². The van der Waals surface area contributed by atoms with Crippen LogP contribution >= 0.6 is 0 Å². The SMILES string of the molecule is CC1(CNS(=O)(=O)c2ccc3c(c2)CCCO3)CCNCC1. The minimum Gasteiger partial charge on any atom is -0.493 e. The Morgan fingerprint density at radius 3 is 2.86 bits per heavy atom. The zero-order chi connectivity index (χ0) is 15.6. The molecular formula is C16H24N2O3S. The second kappa shape index (κ2) is 6.18. The number of sulfonamides is 1. The molecule has 2 aliphatic heterocycles. The summed E-state index contributed by atoms with van der Waals surface area (Å²) in [5.41, 5.74) is 1.03. The Bertz CT molecular complexity index is 637. The van der Waals surface area contributed by atoms with Gasteiger partial charge in [-0.15, -0.1) is 0 Å². The van der Waals surface area contributed by atoms with E-state index in [2.05, 4.69) is 17.0 Å². The van der Waals surface area contributed by atoms with E-state index in [1.807, 2.05) is 0 Å². The van der Waals surface area contributed by atoms with Gasteiger partial charge in [-0.25, -0.2) is 13.1 Å². The van der Waals surface area contributed by atoms with Crippen LogP contribution in [-0.2, 0) is 16.4 Å². The van der Waals surface area contributed by atoms with Crippen molar-refractivity contribution in [2.45, 2.75) is 37.5 Å². The van der Waals surface area contributed by atoms with Gasteiger partial charge in [-0.1, -0.05) is 6.92 Å². The number of aryl methyl sites for hydroxylation is 1. The van der Waals surface area contributed by atoms with Gasteiger partial charge in [0.25, 0.3) is 0 Å². The minimum absolute atomic E-state index is 0.0373. The average Bonchev–Trinajstić information content (AvgIpc) is 2.53. The highest BCUT2D eigenvalue weighted by atomic mass is 32.2. The molecule has 0 spiro atoms. The topological polar surface area (TPSA) is 67.4 Å². The zero-order valence-electron chi connectivity index (χ0n) is 13.0. The molecular weight excluding hydrogens is 300 g/mol. The largest absolute Gasteiger partial charge is 0.493 e. The molecule has 2 aliphatic rings. The van der Waals surface area contributed by atoms with Crippen LogP contribution in [0.2, 0.25) is 0 Å². The van der Waals surface area contributed by atoms with E-state index >= 15 is 0 Å². The minimum atomic E-state index is -3.46. The molecule has 22 heavy (non-hydrogen) atoms. The molecule has 2 heterocycles. The molecule has 0 unspecified atom stereocenters. The van der Waals surface area contributed by atoms with E-state index in [0.29, 0.717) is 18.0 Å². The van der Waals surface area contributed by atoms with Gasteiger partial charge < -0.3 is 10.1 Å². The third-order valence-electron chi connectivity index (χ3n) is 4.69. The van der Waals surface area contributed by atoms with Gasteiger partial charge in [0.05, 0.1) is 11.5 Å². The molecule has 0 bridgehead atoms. The van der Waals surface area contributed by atoms with Crippen molar-refractivity contribution in [1.82, 2.24) is 10.0 Å². The van der Waals surface area contributed by atoms with Crippen molar-refractivity contribution in [2.24, 2.45) is 5.41 Å². The number of benzene rings is 1. The lowest BCUT2D eigenvalue weighted by molar-refractivity contribution is 0.232. The second-order valence-corrected chi connectivity index (χ2v) is 8.37. The maximum Gasteiger partial charge on any atom is 0.240 e. The Morgan fingerprint density at radius 2 is 2.09 bits per heavy atom. The van der Waals surface area contributed by atoms with Gasteiger partial charge in [0.15, 0.2) is 0 Å². The molecule has 0 aromatic heterocycles. The monoisotopic (exact) mass is 324 g/mol. The molecule has 0 aliphatic carbocycles. The number of fused-ring (bicyclic) bond motifs is 1. The molecule has 1 aromatic rings. The van der Waals surface area contributed by atoms with Crippen LogP contribution in [0, 0.1) is 5.41 Å². The number of ether oxygens (including phenoxy) is 1. The summed E-state index contributed by atoms with van der Waals surface area (Å²) in [4.78, 5) is 0.342. The van der Waals surface area contributed by atoms with Crippen LogP contribution in [0.1, 0.15) is 31.7 Å². The Hall–Kier alpha value is -1.11. The van der Waals surface area contributed by atoms with E-state index in [1.54, 1.807) is 18.2 Å². The second-order valence-electron chi connectivity index (χ2n) is 6.61. The first-order valence-corrected chi connectivity index (χ1v) is 9.43. The molecule has 5 nitrogen and oxygen atoms in total. The highest BCUT2D eigenvalue weighted by Crippen LogP contribution is 2.29. The van der Waals surface area contributed by atoms with Crippen molar-refractivity contribution in [1.29, 1.82) is 0 Å². The summed E-state index contributed by atoms with van der Waals surface area (Å²) in [6.07, 6.45) is 3.80. The smallest absolute Gasteiger partial charge is 0.240 e. The van der Waals surface area contributed by atoms with Crippen LogP contribution in [0.15, 0.2) is 23.1 Å². The van der Waals surface area contributed by atoms with Crippen LogP contribution in [0.4, 0.5) is 0 Å². The van der Waals surface area contributed by atoms with Crippen molar-refractivity contribution in [3.05, 3.63) is 23.8 Å². The first kappa shape index (κ1) is 15.8. The Kier molecular flexibility index (Phi) is 4.43. The van der Waals surface area contributed by atoms with Gasteiger partial charge in [-0.2, -0.15) is 0 Å². The molecule has 6 heteroatoms. The van der Waals surface area contributed by atoms with Crippen LogP contribution in [0.5, 0.6) is 5.75 Å². The van der Waals surface area contributed by atoms with E-state index < -0.39 is 10.0 Å². The lowest BCUT2D eigenvalue weighted by Gasteiger charge is -2.34. The van der Waals surface area contributed by atoms with Crippen molar-refractivity contribution < 1.29 is 13.2 Å². The fourth-order valence-electron chi connectivity index (χ4n) is 3.06. The normalized spacial score (nSPS) is 21.0. The van der Waals surface area contributed by atoms with Gasteiger partial charge in [0.1, 0.15) is 5.75 Å². The quantitative estimate of drug-likeness (QED) is 0.884. The van der Waals surface area contributed by atoms with Crippen LogP contribution in [-0.4, -0.2) is 34.7 Å². The number of hydrogen-bond acceptors (Lipinski definition) is 4. The summed E-state index contributed by atoms with van der Waals surface area (Å²) in [6.45, 7) is 5.26. The fourth-order valence-corrected chi connectivity index (χ4v) is 4.31. The van der Waals surface area contributed by atoms with Crippen LogP contribution in [0.25, 0.3) is 0 Å². The number of piperidine rings is 1. The van der Waals surface area contributed by atoms with E-state index in [9.17, 15) is 8.42 Å². The van der Waals surface area contributed by atoms with Gasteiger partial charge in [0.2, 0.25) is 10.0 Å². The summed E-state index contributed by atoms with van der Waals surface area (Å²) in [5, 5.41) is 3.31. The van der Waals surface area contributed by atoms with Gasteiger partial charge in [0, 0.05) is 6.54 Å².